The van der Waals surface area contributed by atoms with Crippen molar-refractivity contribution in [2.24, 2.45) is 10.4 Å². The SMILES string of the molecule is Cc1ccc(N=CC2=C(O)CC(C)(C)CC2=O)cc1Cl. The smallest absolute Gasteiger partial charge is 0.168 e. The Labute approximate surface area is 124 Å². The van der Waals surface area contributed by atoms with Gasteiger partial charge in [-0.1, -0.05) is 31.5 Å². The number of aliphatic hydroxyl groups is 1. The van der Waals surface area contributed by atoms with E-state index in [1.54, 1.807) is 6.07 Å². The third-order valence-corrected chi connectivity index (χ3v) is 3.80. The molecule has 0 atom stereocenters. The first kappa shape index (κ1) is 14.8. The van der Waals surface area contributed by atoms with Crippen LogP contribution < -0.4 is 0 Å². The van der Waals surface area contributed by atoms with Gasteiger partial charge in [0, 0.05) is 24.1 Å². The Bertz CT molecular complexity index is 615. The number of hydrogen-bond donors (Lipinski definition) is 1. The highest BCUT2D eigenvalue weighted by atomic mass is 35.5. The second kappa shape index (κ2) is 5.41. The monoisotopic (exact) mass is 291 g/mol. The van der Waals surface area contributed by atoms with Crippen molar-refractivity contribution >= 4 is 29.3 Å². The van der Waals surface area contributed by atoms with E-state index in [0.29, 0.717) is 29.1 Å². The number of rotatable bonds is 2. The lowest BCUT2D eigenvalue weighted by molar-refractivity contribution is -0.117. The predicted octanol–water partition coefficient (Wildman–Crippen LogP) is 4.55. The largest absolute Gasteiger partial charge is 0.511 e. The number of ketones is 1. The Morgan fingerprint density at radius 2 is 2.05 bits per heavy atom. The van der Waals surface area contributed by atoms with Crippen molar-refractivity contribution in [3.63, 3.8) is 0 Å². The fourth-order valence-corrected chi connectivity index (χ4v) is 2.42. The molecule has 0 saturated carbocycles. The van der Waals surface area contributed by atoms with Crippen LogP contribution in [-0.2, 0) is 4.79 Å². The summed E-state index contributed by atoms with van der Waals surface area (Å²) in [5, 5.41) is 10.6. The molecule has 0 radical (unpaired) electrons. The average molecular weight is 292 g/mol. The van der Waals surface area contributed by atoms with Crippen LogP contribution in [0.4, 0.5) is 5.69 Å². The van der Waals surface area contributed by atoms with Gasteiger partial charge >= 0.3 is 0 Å². The molecule has 0 aliphatic heterocycles. The molecule has 0 fully saturated rings. The molecule has 3 nitrogen and oxygen atoms in total. The van der Waals surface area contributed by atoms with Crippen molar-refractivity contribution in [1.29, 1.82) is 0 Å². The first-order valence-corrected chi connectivity index (χ1v) is 6.92. The number of nitrogens with zero attached hydrogens (tertiary/aromatic N) is 1. The molecule has 0 unspecified atom stereocenters. The summed E-state index contributed by atoms with van der Waals surface area (Å²) in [5.41, 5.74) is 1.76. The lowest BCUT2D eigenvalue weighted by atomic mass is 9.77. The lowest BCUT2D eigenvalue weighted by Gasteiger charge is -2.28. The molecule has 1 aromatic carbocycles. The van der Waals surface area contributed by atoms with Crippen LogP contribution in [0.25, 0.3) is 0 Å². The van der Waals surface area contributed by atoms with E-state index in [2.05, 4.69) is 4.99 Å². The van der Waals surface area contributed by atoms with Crippen molar-refractivity contribution in [1.82, 2.24) is 0 Å². The molecule has 106 valence electrons. The number of carbonyl (C=O) groups excluding carboxylic acids is 1. The number of hydrogen-bond acceptors (Lipinski definition) is 3. The maximum atomic E-state index is 12.0. The van der Waals surface area contributed by atoms with Crippen molar-refractivity contribution in [2.75, 3.05) is 0 Å². The number of carbonyl (C=O) groups is 1. The Kier molecular flexibility index (Phi) is 4.00. The minimum Gasteiger partial charge on any atom is -0.511 e. The quantitative estimate of drug-likeness (QED) is 0.813. The highest BCUT2D eigenvalue weighted by Gasteiger charge is 2.32. The van der Waals surface area contributed by atoms with Crippen LogP contribution in [0, 0.1) is 12.3 Å². The van der Waals surface area contributed by atoms with Gasteiger partial charge in [0.25, 0.3) is 0 Å². The molecule has 0 spiro atoms. The third-order valence-electron chi connectivity index (χ3n) is 3.39. The fraction of sp³-hybridized carbons (Fsp3) is 0.375. The summed E-state index contributed by atoms with van der Waals surface area (Å²) in [7, 11) is 0. The molecule has 0 saturated heterocycles. The van der Waals surface area contributed by atoms with Gasteiger partial charge < -0.3 is 5.11 Å². The molecular formula is C16H18ClNO2. The molecule has 1 aliphatic rings. The highest BCUT2D eigenvalue weighted by Crippen LogP contribution is 2.35. The van der Waals surface area contributed by atoms with Gasteiger partial charge in [-0.2, -0.15) is 0 Å². The number of allylic oxidation sites excluding steroid dienone is 2. The van der Waals surface area contributed by atoms with Gasteiger partial charge in [-0.15, -0.1) is 0 Å². The highest BCUT2D eigenvalue weighted by molar-refractivity contribution is 6.31. The van der Waals surface area contributed by atoms with E-state index in [9.17, 15) is 9.90 Å². The van der Waals surface area contributed by atoms with E-state index in [-0.39, 0.29) is 17.0 Å². The summed E-state index contributed by atoms with van der Waals surface area (Å²) in [4.78, 5) is 16.3. The van der Waals surface area contributed by atoms with Crippen molar-refractivity contribution in [3.8, 4) is 0 Å². The van der Waals surface area contributed by atoms with Crippen molar-refractivity contribution in [3.05, 3.63) is 40.1 Å². The Morgan fingerprint density at radius 1 is 1.35 bits per heavy atom. The number of Topliss-reactive ketones (excluding diaryl/α,β-unsaturated/α-hetero) is 1. The van der Waals surface area contributed by atoms with Crippen LogP contribution in [0.3, 0.4) is 0 Å². The van der Waals surface area contributed by atoms with E-state index < -0.39 is 0 Å². The van der Waals surface area contributed by atoms with E-state index in [4.69, 9.17) is 11.6 Å². The van der Waals surface area contributed by atoms with Gasteiger partial charge in [-0.3, -0.25) is 9.79 Å². The topological polar surface area (TPSA) is 49.7 Å². The summed E-state index contributed by atoms with van der Waals surface area (Å²) < 4.78 is 0. The van der Waals surface area contributed by atoms with Gasteiger partial charge in [0.15, 0.2) is 5.78 Å². The molecular weight excluding hydrogens is 274 g/mol. The Morgan fingerprint density at radius 3 is 2.65 bits per heavy atom. The van der Waals surface area contributed by atoms with E-state index in [0.717, 1.165) is 5.56 Å². The number of aryl methyl sites for hydroxylation is 1. The summed E-state index contributed by atoms with van der Waals surface area (Å²) in [6.45, 7) is 5.85. The first-order valence-electron chi connectivity index (χ1n) is 6.54. The summed E-state index contributed by atoms with van der Waals surface area (Å²) in [5.74, 6) is 0.0499. The molecule has 2 rings (SSSR count). The van der Waals surface area contributed by atoms with Crippen molar-refractivity contribution < 1.29 is 9.90 Å². The predicted molar refractivity (Wildman–Crippen MR) is 82.0 cm³/mol. The Hall–Kier alpha value is -1.61. The van der Waals surface area contributed by atoms with Crippen LogP contribution in [0.15, 0.2) is 34.5 Å². The zero-order valence-electron chi connectivity index (χ0n) is 11.9. The number of halogens is 1. The first-order chi connectivity index (χ1) is 9.28. The van der Waals surface area contributed by atoms with Gasteiger partial charge in [0.2, 0.25) is 0 Å². The third kappa shape index (κ3) is 3.28. The van der Waals surface area contributed by atoms with Crippen molar-refractivity contribution in [2.45, 2.75) is 33.6 Å². The summed E-state index contributed by atoms with van der Waals surface area (Å²) >= 11 is 6.03. The van der Waals surface area contributed by atoms with Crippen LogP contribution in [0.1, 0.15) is 32.3 Å². The van der Waals surface area contributed by atoms with Crippen LogP contribution in [0.2, 0.25) is 5.02 Å². The van der Waals surface area contributed by atoms with Gasteiger partial charge in [-0.05, 0) is 30.0 Å². The molecule has 1 N–H and O–H groups in total. The second-order valence-corrected chi connectivity index (χ2v) is 6.40. The molecule has 4 heteroatoms. The Balaban J connectivity index is 2.26. The molecule has 1 aliphatic carbocycles. The standard InChI is InChI=1S/C16H18ClNO2/c1-10-4-5-11(6-13(10)17)18-9-12-14(19)7-16(2,3)8-15(12)20/h4-6,9,19H,7-8H2,1-3H3. The van der Waals surface area contributed by atoms with E-state index in [1.165, 1.54) is 6.21 Å². The van der Waals surface area contributed by atoms with Crippen LogP contribution >= 0.6 is 11.6 Å². The van der Waals surface area contributed by atoms with Gasteiger partial charge in [0.05, 0.1) is 11.3 Å². The van der Waals surface area contributed by atoms with E-state index in [1.807, 2.05) is 32.9 Å². The lowest BCUT2D eigenvalue weighted by Crippen LogP contribution is -2.26. The molecule has 0 heterocycles. The summed E-state index contributed by atoms with van der Waals surface area (Å²) in [6.07, 6.45) is 2.36. The van der Waals surface area contributed by atoms with Gasteiger partial charge in [-0.25, -0.2) is 0 Å². The zero-order chi connectivity index (χ0) is 14.9. The van der Waals surface area contributed by atoms with E-state index >= 15 is 0 Å². The van der Waals surface area contributed by atoms with Gasteiger partial charge in [0.1, 0.15) is 5.76 Å². The molecule has 0 bridgehead atoms. The molecule has 1 aromatic rings. The summed E-state index contributed by atoms with van der Waals surface area (Å²) in [6, 6.07) is 5.43. The van der Waals surface area contributed by atoms with Crippen LogP contribution in [-0.4, -0.2) is 17.1 Å². The second-order valence-electron chi connectivity index (χ2n) is 5.99. The fourth-order valence-electron chi connectivity index (χ4n) is 2.25. The maximum Gasteiger partial charge on any atom is 0.168 e. The molecule has 0 aromatic heterocycles. The number of benzene rings is 1. The average Bonchev–Trinajstić information content (AvgIpc) is 2.31. The molecule has 0 amide bonds. The zero-order valence-corrected chi connectivity index (χ0v) is 12.7. The van der Waals surface area contributed by atoms with Crippen LogP contribution in [0.5, 0.6) is 0 Å². The molecule has 20 heavy (non-hydrogen) atoms. The minimum absolute atomic E-state index is 0.0688. The normalized spacial score (nSPS) is 18.9. The maximum absolute atomic E-state index is 12.0. The number of aliphatic imine (C=N–C) groups is 1. The number of aliphatic hydroxyl groups excluding tert-OH is 1. The minimum atomic E-state index is -0.189.